The zero-order valence-electron chi connectivity index (χ0n) is 8.84. The predicted molar refractivity (Wildman–Crippen MR) is 62.8 cm³/mol. The van der Waals surface area contributed by atoms with Gasteiger partial charge >= 0.3 is 5.97 Å². The van der Waals surface area contributed by atoms with Crippen LogP contribution < -0.4 is 0 Å². The maximum Gasteiger partial charge on any atom is 0.316 e. The fourth-order valence-electron chi connectivity index (χ4n) is 1.54. The molecule has 2 rings (SSSR count). The zero-order valence-corrected chi connectivity index (χ0v) is 10.4. The van der Waals surface area contributed by atoms with E-state index in [-0.39, 0.29) is 6.61 Å². The van der Waals surface area contributed by atoms with Crippen LogP contribution in [0.25, 0.3) is 0 Å². The Morgan fingerprint density at radius 1 is 1.53 bits per heavy atom. The molecule has 0 N–H and O–H groups in total. The number of nitrogens with zero attached hydrogens (tertiary/aromatic N) is 1. The van der Waals surface area contributed by atoms with Crippen molar-refractivity contribution in [3.05, 3.63) is 44.4 Å². The van der Waals surface area contributed by atoms with E-state index in [2.05, 4.69) is 15.9 Å². The van der Waals surface area contributed by atoms with E-state index in [0.717, 1.165) is 10.0 Å². The summed E-state index contributed by atoms with van der Waals surface area (Å²) in [6, 6.07) is 6.63. The molecule has 1 aliphatic rings. The smallest absolute Gasteiger partial charge is 0.316 e. The second kappa shape index (κ2) is 4.83. The molecule has 17 heavy (non-hydrogen) atoms. The van der Waals surface area contributed by atoms with Gasteiger partial charge < -0.3 is 4.74 Å². The van der Waals surface area contributed by atoms with Gasteiger partial charge in [-0.05, 0) is 6.07 Å². The third-order valence-electron chi connectivity index (χ3n) is 2.66. The zero-order chi connectivity index (χ0) is 12.4. The molecule has 6 heteroatoms. The topological polar surface area (TPSA) is 69.4 Å². The van der Waals surface area contributed by atoms with Gasteiger partial charge in [0.25, 0.3) is 0 Å². The average Bonchev–Trinajstić information content (AvgIpc) is 3.07. The summed E-state index contributed by atoms with van der Waals surface area (Å²) in [6.45, 7) is 0.140. The first-order valence-electron chi connectivity index (χ1n) is 5.13. The van der Waals surface area contributed by atoms with Gasteiger partial charge in [0, 0.05) is 21.4 Å². The van der Waals surface area contributed by atoms with Crippen LogP contribution in [0.4, 0.5) is 0 Å². The molecule has 0 bridgehead atoms. The minimum atomic E-state index is -0.748. The Labute approximate surface area is 106 Å². The fourth-order valence-corrected chi connectivity index (χ4v) is 1.94. The van der Waals surface area contributed by atoms with Gasteiger partial charge in [-0.3, -0.25) is 14.9 Å². The largest absolute Gasteiger partial charge is 0.460 e. The van der Waals surface area contributed by atoms with Gasteiger partial charge in [-0.25, -0.2) is 0 Å². The summed E-state index contributed by atoms with van der Waals surface area (Å²) >= 11 is 3.33. The second-order valence-electron chi connectivity index (χ2n) is 3.89. The SMILES string of the molecule is O=C(OCc1ccccc1Br)C1CC1[N+](=O)[O-]. The number of hydrogen-bond donors (Lipinski definition) is 0. The summed E-state index contributed by atoms with van der Waals surface area (Å²) in [5, 5.41) is 10.4. The lowest BCUT2D eigenvalue weighted by Gasteiger charge is -2.05. The maximum atomic E-state index is 11.5. The third kappa shape index (κ3) is 2.82. The van der Waals surface area contributed by atoms with Crippen molar-refractivity contribution in [3.63, 3.8) is 0 Å². The highest BCUT2D eigenvalue weighted by molar-refractivity contribution is 9.10. The second-order valence-corrected chi connectivity index (χ2v) is 4.75. The molecule has 1 aromatic rings. The van der Waals surface area contributed by atoms with E-state index < -0.39 is 22.9 Å². The summed E-state index contributed by atoms with van der Waals surface area (Å²) in [5.41, 5.74) is 0.846. The molecular formula is C11H10BrNO4. The normalized spacial score (nSPS) is 21.9. The first-order valence-corrected chi connectivity index (χ1v) is 5.92. The van der Waals surface area contributed by atoms with Gasteiger partial charge in [0.2, 0.25) is 6.04 Å². The lowest BCUT2D eigenvalue weighted by atomic mass is 10.2. The average molecular weight is 300 g/mol. The number of halogens is 1. The maximum absolute atomic E-state index is 11.5. The summed E-state index contributed by atoms with van der Waals surface area (Å²) in [7, 11) is 0. The molecule has 0 radical (unpaired) electrons. The van der Waals surface area contributed by atoms with E-state index in [9.17, 15) is 14.9 Å². The van der Waals surface area contributed by atoms with Crippen molar-refractivity contribution in [1.82, 2.24) is 0 Å². The lowest BCUT2D eigenvalue weighted by molar-refractivity contribution is -0.497. The van der Waals surface area contributed by atoms with E-state index in [4.69, 9.17) is 4.74 Å². The van der Waals surface area contributed by atoms with Crippen molar-refractivity contribution in [1.29, 1.82) is 0 Å². The van der Waals surface area contributed by atoms with Crippen LogP contribution in [0.15, 0.2) is 28.7 Å². The van der Waals surface area contributed by atoms with Crippen LogP contribution in [0.5, 0.6) is 0 Å². The quantitative estimate of drug-likeness (QED) is 0.485. The van der Waals surface area contributed by atoms with Crippen LogP contribution in [0.3, 0.4) is 0 Å². The van der Waals surface area contributed by atoms with Gasteiger partial charge in [-0.1, -0.05) is 34.1 Å². The van der Waals surface area contributed by atoms with Crippen LogP contribution in [0, 0.1) is 16.0 Å². The van der Waals surface area contributed by atoms with Crippen LogP contribution in [-0.2, 0) is 16.1 Å². The Hall–Kier alpha value is -1.43. The highest BCUT2D eigenvalue weighted by atomic mass is 79.9. The number of nitro groups is 1. The number of ether oxygens (including phenoxy) is 1. The van der Waals surface area contributed by atoms with E-state index in [1.807, 2.05) is 24.3 Å². The lowest BCUT2D eigenvalue weighted by Crippen LogP contribution is -2.13. The number of esters is 1. The summed E-state index contributed by atoms with van der Waals surface area (Å²) in [4.78, 5) is 21.4. The molecule has 1 fully saturated rings. The molecule has 1 aliphatic carbocycles. The Balaban J connectivity index is 1.86. The van der Waals surface area contributed by atoms with Crippen LogP contribution in [-0.4, -0.2) is 16.9 Å². The molecule has 0 spiro atoms. The Bertz CT molecular complexity index is 463. The van der Waals surface area contributed by atoms with Crippen molar-refractivity contribution >= 4 is 21.9 Å². The van der Waals surface area contributed by atoms with Gasteiger partial charge in [0.15, 0.2) is 0 Å². The van der Waals surface area contributed by atoms with E-state index >= 15 is 0 Å². The van der Waals surface area contributed by atoms with E-state index in [1.54, 1.807) is 0 Å². The molecule has 0 aliphatic heterocycles. The standard InChI is InChI=1S/C11H10BrNO4/c12-9-4-2-1-3-7(9)6-17-11(14)8-5-10(8)13(15)16/h1-4,8,10H,5-6H2. The summed E-state index contributed by atoms with van der Waals surface area (Å²) in [6.07, 6.45) is 0.293. The molecule has 0 aromatic heterocycles. The van der Waals surface area contributed by atoms with Gasteiger partial charge in [-0.2, -0.15) is 0 Å². The van der Waals surface area contributed by atoms with Crippen molar-refractivity contribution in [3.8, 4) is 0 Å². The molecule has 2 atom stereocenters. The van der Waals surface area contributed by atoms with Gasteiger partial charge in [0.05, 0.1) is 0 Å². The Kier molecular flexibility index (Phi) is 3.42. The van der Waals surface area contributed by atoms with Crippen LogP contribution >= 0.6 is 15.9 Å². The van der Waals surface area contributed by atoms with Crippen LogP contribution in [0.1, 0.15) is 12.0 Å². The molecule has 1 saturated carbocycles. The molecule has 2 unspecified atom stereocenters. The third-order valence-corrected chi connectivity index (χ3v) is 3.43. The van der Waals surface area contributed by atoms with Gasteiger partial charge in [0.1, 0.15) is 12.5 Å². The van der Waals surface area contributed by atoms with Crippen molar-refractivity contribution in [2.24, 2.45) is 5.92 Å². The van der Waals surface area contributed by atoms with Crippen LogP contribution in [0.2, 0.25) is 0 Å². The first kappa shape index (κ1) is 12.0. The monoisotopic (exact) mass is 299 g/mol. The van der Waals surface area contributed by atoms with Gasteiger partial charge in [-0.15, -0.1) is 0 Å². The summed E-state index contributed by atoms with van der Waals surface area (Å²) < 4.78 is 5.90. The predicted octanol–water partition coefficient (Wildman–Crippen LogP) is 2.16. The van der Waals surface area contributed by atoms with Crippen molar-refractivity contribution in [2.45, 2.75) is 19.1 Å². The number of hydrogen-bond acceptors (Lipinski definition) is 4. The molecular weight excluding hydrogens is 290 g/mol. The Morgan fingerprint density at radius 2 is 2.24 bits per heavy atom. The summed E-state index contributed by atoms with van der Waals surface area (Å²) in [5.74, 6) is -1.05. The molecule has 0 heterocycles. The first-order chi connectivity index (χ1) is 8.09. The molecule has 0 saturated heterocycles. The van der Waals surface area contributed by atoms with Crippen molar-refractivity contribution in [2.75, 3.05) is 0 Å². The Morgan fingerprint density at radius 3 is 2.82 bits per heavy atom. The number of rotatable bonds is 4. The number of benzene rings is 1. The highest BCUT2D eigenvalue weighted by Gasteiger charge is 2.54. The number of carbonyl (C=O) groups excluding carboxylic acids is 1. The minimum absolute atomic E-state index is 0.140. The minimum Gasteiger partial charge on any atom is -0.460 e. The highest BCUT2D eigenvalue weighted by Crippen LogP contribution is 2.34. The molecule has 5 nitrogen and oxygen atoms in total. The van der Waals surface area contributed by atoms with Crippen molar-refractivity contribution < 1.29 is 14.5 Å². The number of carbonyl (C=O) groups is 1. The van der Waals surface area contributed by atoms with E-state index in [0.29, 0.717) is 6.42 Å². The molecule has 0 amide bonds. The molecule has 1 aromatic carbocycles. The fraction of sp³-hybridized carbons (Fsp3) is 0.364. The molecule has 90 valence electrons. The van der Waals surface area contributed by atoms with E-state index in [1.165, 1.54) is 0 Å².